The minimum Gasteiger partial charge on any atom is -0.0636 e. The van der Waals surface area contributed by atoms with Crippen molar-refractivity contribution in [3.63, 3.8) is 0 Å². The Balaban J connectivity index is 1.57. The molecule has 0 N–H and O–H groups in total. The molecule has 5 rings (SSSR count). The third kappa shape index (κ3) is 2.02. The van der Waals surface area contributed by atoms with Gasteiger partial charge in [-0.25, -0.2) is 0 Å². The van der Waals surface area contributed by atoms with Gasteiger partial charge in [0, 0.05) is 0 Å². The van der Waals surface area contributed by atoms with Crippen molar-refractivity contribution in [1.29, 1.82) is 0 Å². The molecule has 5 aliphatic carbocycles. The minimum atomic E-state index is 0.903. The molecular formula is C22H30. The molecule has 118 valence electrons. The number of fused-ring (bicyclic) bond motifs is 5. The van der Waals surface area contributed by atoms with E-state index in [1.165, 1.54) is 77.0 Å². The molecule has 4 unspecified atom stereocenters. The van der Waals surface area contributed by atoms with Crippen molar-refractivity contribution in [2.75, 3.05) is 0 Å². The Morgan fingerprint density at radius 2 is 1.05 bits per heavy atom. The summed E-state index contributed by atoms with van der Waals surface area (Å²) >= 11 is 0. The van der Waals surface area contributed by atoms with Gasteiger partial charge in [0.15, 0.2) is 0 Å². The summed E-state index contributed by atoms with van der Waals surface area (Å²) in [5, 5.41) is 0. The van der Waals surface area contributed by atoms with Gasteiger partial charge >= 0.3 is 0 Å². The van der Waals surface area contributed by atoms with Gasteiger partial charge in [0.25, 0.3) is 0 Å². The summed E-state index contributed by atoms with van der Waals surface area (Å²) in [6, 6.07) is 0. The molecule has 0 aromatic heterocycles. The van der Waals surface area contributed by atoms with Crippen LogP contribution in [-0.4, -0.2) is 0 Å². The first kappa shape index (κ1) is 13.6. The predicted octanol–water partition coefficient (Wildman–Crippen LogP) is 6.35. The first-order chi connectivity index (χ1) is 10.9. The molecule has 4 atom stereocenters. The summed E-state index contributed by atoms with van der Waals surface area (Å²) in [5.74, 6) is 3.73. The SMILES string of the molecule is C1=CC2=C3CCCCC3CCC2C2CCC3CCCCC3=C12. The summed E-state index contributed by atoms with van der Waals surface area (Å²) in [4.78, 5) is 0. The van der Waals surface area contributed by atoms with Crippen molar-refractivity contribution in [1.82, 2.24) is 0 Å². The second-order valence-corrected chi connectivity index (χ2v) is 8.55. The molecule has 0 saturated heterocycles. The molecule has 0 aromatic carbocycles. The highest BCUT2D eigenvalue weighted by molar-refractivity contribution is 5.46. The van der Waals surface area contributed by atoms with Crippen LogP contribution in [0.5, 0.6) is 0 Å². The van der Waals surface area contributed by atoms with E-state index in [4.69, 9.17) is 0 Å². The van der Waals surface area contributed by atoms with E-state index in [9.17, 15) is 0 Å². The van der Waals surface area contributed by atoms with Crippen molar-refractivity contribution in [3.05, 3.63) is 34.4 Å². The Morgan fingerprint density at radius 1 is 0.545 bits per heavy atom. The lowest BCUT2D eigenvalue weighted by atomic mass is 9.59. The van der Waals surface area contributed by atoms with Gasteiger partial charge in [0.1, 0.15) is 0 Å². The summed E-state index contributed by atoms with van der Waals surface area (Å²) in [7, 11) is 0. The zero-order valence-corrected chi connectivity index (χ0v) is 13.9. The number of hydrogen-bond acceptors (Lipinski definition) is 0. The van der Waals surface area contributed by atoms with Crippen LogP contribution >= 0.6 is 0 Å². The zero-order chi connectivity index (χ0) is 14.5. The minimum absolute atomic E-state index is 0.903. The van der Waals surface area contributed by atoms with Gasteiger partial charge in [0.05, 0.1) is 0 Å². The van der Waals surface area contributed by atoms with Crippen LogP contribution in [0.25, 0.3) is 0 Å². The fourth-order valence-corrected chi connectivity index (χ4v) is 6.59. The lowest BCUT2D eigenvalue weighted by Gasteiger charge is -2.46. The number of hydrogen-bond donors (Lipinski definition) is 0. The van der Waals surface area contributed by atoms with Crippen molar-refractivity contribution in [2.45, 2.75) is 77.0 Å². The van der Waals surface area contributed by atoms with Gasteiger partial charge in [-0.05, 0) is 99.0 Å². The first-order valence-corrected chi connectivity index (χ1v) is 10.1. The van der Waals surface area contributed by atoms with Gasteiger partial charge in [-0.15, -0.1) is 0 Å². The van der Waals surface area contributed by atoms with Crippen LogP contribution in [0.2, 0.25) is 0 Å². The largest absolute Gasteiger partial charge is 0.0636 e. The lowest BCUT2D eigenvalue weighted by molar-refractivity contribution is 0.262. The summed E-state index contributed by atoms with van der Waals surface area (Å²) in [6.45, 7) is 0. The summed E-state index contributed by atoms with van der Waals surface area (Å²) < 4.78 is 0. The van der Waals surface area contributed by atoms with Gasteiger partial charge in [-0.1, -0.05) is 36.1 Å². The van der Waals surface area contributed by atoms with Crippen LogP contribution in [0, 0.1) is 23.7 Å². The topological polar surface area (TPSA) is 0 Å². The molecule has 0 amide bonds. The van der Waals surface area contributed by atoms with Crippen LogP contribution in [0.3, 0.4) is 0 Å². The average Bonchev–Trinajstić information content (AvgIpc) is 2.60. The second-order valence-electron chi connectivity index (χ2n) is 8.55. The predicted molar refractivity (Wildman–Crippen MR) is 92.6 cm³/mol. The van der Waals surface area contributed by atoms with Crippen LogP contribution in [0.1, 0.15) is 77.0 Å². The molecule has 22 heavy (non-hydrogen) atoms. The zero-order valence-electron chi connectivity index (χ0n) is 13.9. The van der Waals surface area contributed by atoms with E-state index in [2.05, 4.69) is 12.2 Å². The molecule has 0 nitrogen and oxygen atoms in total. The Kier molecular flexibility index (Phi) is 3.34. The molecule has 0 spiro atoms. The van der Waals surface area contributed by atoms with Crippen molar-refractivity contribution in [2.24, 2.45) is 23.7 Å². The third-order valence-corrected chi connectivity index (χ3v) is 7.60. The van der Waals surface area contributed by atoms with E-state index >= 15 is 0 Å². The lowest BCUT2D eigenvalue weighted by Crippen LogP contribution is -2.33. The molecule has 2 fully saturated rings. The molecular weight excluding hydrogens is 264 g/mol. The molecule has 0 heterocycles. The van der Waals surface area contributed by atoms with E-state index in [0.29, 0.717) is 0 Å². The highest BCUT2D eigenvalue weighted by Crippen LogP contribution is 2.54. The monoisotopic (exact) mass is 294 g/mol. The van der Waals surface area contributed by atoms with E-state index in [-0.39, 0.29) is 0 Å². The van der Waals surface area contributed by atoms with Gasteiger partial charge in [0.2, 0.25) is 0 Å². The Morgan fingerprint density at radius 3 is 1.55 bits per heavy atom. The van der Waals surface area contributed by atoms with Crippen LogP contribution in [0.15, 0.2) is 34.4 Å². The molecule has 5 aliphatic rings. The highest BCUT2D eigenvalue weighted by atomic mass is 14.4. The molecule has 0 radical (unpaired) electrons. The van der Waals surface area contributed by atoms with E-state index in [1.807, 2.05) is 22.3 Å². The second kappa shape index (κ2) is 5.39. The fraction of sp³-hybridized carbons (Fsp3) is 0.727. The molecule has 0 bridgehead atoms. The van der Waals surface area contributed by atoms with Crippen molar-refractivity contribution in [3.8, 4) is 0 Å². The summed E-state index contributed by atoms with van der Waals surface area (Å²) in [5.41, 5.74) is 7.43. The van der Waals surface area contributed by atoms with E-state index < -0.39 is 0 Å². The fourth-order valence-electron chi connectivity index (χ4n) is 6.59. The smallest absolute Gasteiger partial charge is 0.00932 e. The van der Waals surface area contributed by atoms with Crippen LogP contribution in [-0.2, 0) is 0 Å². The Hall–Kier alpha value is -0.780. The first-order valence-electron chi connectivity index (χ1n) is 10.1. The summed E-state index contributed by atoms with van der Waals surface area (Å²) in [6.07, 6.45) is 22.8. The third-order valence-electron chi connectivity index (χ3n) is 7.60. The van der Waals surface area contributed by atoms with Gasteiger partial charge in [-0.2, -0.15) is 0 Å². The average molecular weight is 294 g/mol. The maximum Gasteiger partial charge on any atom is -0.00932 e. The maximum absolute atomic E-state index is 2.59. The molecule has 0 aliphatic heterocycles. The number of rotatable bonds is 0. The Bertz CT molecular complexity index is 509. The molecule has 0 aromatic rings. The molecule has 0 heteroatoms. The Labute approximate surface area is 135 Å². The molecule has 2 saturated carbocycles. The van der Waals surface area contributed by atoms with E-state index in [1.54, 1.807) is 0 Å². The maximum atomic E-state index is 2.59. The highest BCUT2D eigenvalue weighted by Gasteiger charge is 2.40. The quantitative estimate of drug-likeness (QED) is 0.488. The van der Waals surface area contributed by atoms with Crippen LogP contribution in [0.4, 0.5) is 0 Å². The number of allylic oxidation sites excluding steroid dienone is 6. The van der Waals surface area contributed by atoms with Crippen molar-refractivity contribution >= 4 is 0 Å². The van der Waals surface area contributed by atoms with Crippen molar-refractivity contribution < 1.29 is 0 Å². The van der Waals surface area contributed by atoms with E-state index in [0.717, 1.165) is 23.7 Å². The normalized spacial score (nSPS) is 40.7. The standard InChI is InChI=1S/C22H30/c1-3-7-17-15(5-1)9-11-21-19(17)13-14-20-18-8-4-2-6-16(18)10-12-22(20)21/h13-16,21-22H,1-12H2. The van der Waals surface area contributed by atoms with Gasteiger partial charge in [-0.3, -0.25) is 0 Å². The van der Waals surface area contributed by atoms with Crippen LogP contribution < -0.4 is 0 Å². The van der Waals surface area contributed by atoms with Gasteiger partial charge < -0.3 is 0 Å².